The molecule has 0 bridgehead atoms. The molecule has 0 aliphatic carbocycles. The van der Waals surface area contributed by atoms with E-state index in [0.29, 0.717) is 12.0 Å². The van der Waals surface area contributed by atoms with Crippen LogP contribution in [0.15, 0.2) is 22.8 Å². The van der Waals surface area contributed by atoms with E-state index in [0.717, 1.165) is 25.0 Å². The van der Waals surface area contributed by atoms with Crippen LogP contribution < -0.4 is 5.73 Å². The normalized spacial score (nSPS) is 15.6. The fourth-order valence-corrected chi connectivity index (χ4v) is 1.35. The van der Waals surface area contributed by atoms with Gasteiger partial charge >= 0.3 is 0 Å². The molecule has 0 aliphatic heterocycles. The van der Waals surface area contributed by atoms with Crippen molar-refractivity contribution in [3.63, 3.8) is 0 Å². The lowest BCUT2D eigenvalue weighted by Gasteiger charge is -2.17. The Labute approximate surface area is 80.1 Å². The number of hydrogen-bond acceptors (Lipinski definition) is 2. The summed E-state index contributed by atoms with van der Waals surface area (Å²) in [6.07, 6.45) is 4.84. The van der Waals surface area contributed by atoms with Crippen LogP contribution in [0.4, 0.5) is 0 Å². The highest BCUT2D eigenvalue weighted by atomic mass is 16.3. The van der Waals surface area contributed by atoms with Gasteiger partial charge in [-0.25, -0.2) is 0 Å². The van der Waals surface area contributed by atoms with E-state index in [9.17, 15) is 0 Å². The van der Waals surface area contributed by atoms with Gasteiger partial charge in [0.15, 0.2) is 0 Å². The maximum absolute atomic E-state index is 6.00. The summed E-state index contributed by atoms with van der Waals surface area (Å²) in [5, 5.41) is 0. The van der Waals surface area contributed by atoms with Crippen molar-refractivity contribution in [3.8, 4) is 0 Å². The second-order valence-electron chi connectivity index (χ2n) is 3.67. The van der Waals surface area contributed by atoms with Crippen LogP contribution in [0.2, 0.25) is 0 Å². The van der Waals surface area contributed by atoms with Crippen LogP contribution >= 0.6 is 0 Å². The van der Waals surface area contributed by atoms with Crippen molar-refractivity contribution >= 4 is 0 Å². The van der Waals surface area contributed by atoms with Crippen LogP contribution in [0.3, 0.4) is 0 Å². The third-order valence-electron chi connectivity index (χ3n) is 2.68. The van der Waals surface area contributed by atoms with Crippen molar-refractivity contribution in [2.75, 3.05) is 0 Å². The van der Waals surface area contributed by atoms with E-state index in [-0.39, 0.29) is 0 Å². The van der Waals surface area contributed by atoms with Crippen LogP contribution in [-0.2, 0) is 6.42 Å². The van der Waals surface area contributed by atoms with Crippen LogP contribution in [-0.4, -0.2) is 6.04 Å². The van der Waals surface area contributed by atoms with E-state index in [4.69, 9.17) is 10.2 Å². The summed E-state index contributed by atoms with van der Waals surface area (Å²) >= 11 is 0. The summed E-state index contributed by atoms with van der Waals surface area (Å²) in [5.74, 6) is 1.65. The van der Waals surface area contributed by atoms with Gasteiger partial charge in [0.1, 0.15) is 5.76 Å². The SMILES string of the molecule is CCC(C)C(N)CCc1ccco1. The molecule has 0 saturated carbocycles. The molecule has 0 fully saturated rings. The molecule has 1 rings (SSSR count). The standard InChI is InChI=1S/C11H19NO/c1-3-9(2)11(12)7-6-10-5-4-8-13-10/h4-5,8-9,11H,3,6-7,12H2,1-2H3. The van der Waals surface area contributed by atoms with E-state index >= 15 is 0 Å². The predicted octanol–water partition coefficient (Wildman–Crippen LogP) is 2.59. The van der Waals surface area contributed by atoms with Crippen LogP contribution in [0.25, 0.3) is 0 Å². The molecule has 74 valence electrons. The Kier molecular flexibility index (Phi) is 4.03. The summed E-state index contributed by atoms with van der Waals surface area (Å²) in [7, 11) is 0. The molecule has 0 amide bonds. The molecular formula is C11H19NO. The molecule has 1 aromatic heterocycles. The topological polar surface area (TPSA) is 39.2 Å². The zero-order chi connectivity index (χ0) is 9.68. The third kappa shape index (κ3) is 3.23. The van der Waals surface area contributed by atoms with E-state index < -0.39 is 0 Å². The number of rotatable bonds is 5. The zero-order valence-corrected chi connectivity index (χ0v) is 8.49. The summed E-state index contributed by atoms with van der Waals surface area (Å²) in [6, 6.07) is 4.23. The minimum Gasteiger partial charge on any atom is -0.469 e. The Balaban J connectivity index is 2.26. The van der Waals surface area contributed by atoms with Crippen molar-refractivity contribution in [1.82, 2.24) is 0 Å². The molecule has 1 heterocycles. The fraction of sp³-hybridized carbons (Fsp3) is 0.636. The molecular weight excluding hydrogens is 162 g/mol. The number of furan rings is 1. The molecule has 0 spiro atoms. The Bertz CT molecular complexity index is 218. The van der Waals surface area contributed by atoms with Crippen molar-refractivity contribution in [2.24, 2.45) is 11.7 Å². The minimum absolute atomic E-state index is 0.301. The first-order valence-corrected chi connectivity index (χ1v) is 5.02. The third-order valence-corrected chi connectivity index (χ3v) is 2.68. The highest BCUT2D eigenvalue weighted by molar-refractivity contribution is 4.98. The van der Waals surface area contributed by atoms with Gasteiger partial charge in [-0.3, -0.25) is 0 Å². The lowest BCUT2D eigenvalue weighted by molar-refractivity contribution is 0.402. The molecule has 13 heavy (non-hydrogen) atoms. The van der Waals surface area contributed by atoms with Gasteiger partial charge < -0.3 is 10.2 Å². The Hall–Kier alpha value is -0.760. The van der Waals surface area contributed by atoms with E-state index in [2.05, 4.69) is 13.8 Å². The average Bonchev–Trinajstić information content (AvgIpc) is 2.65. The lowest BCUT2D eigenvalue weighted by atomic mass is 9.96. The number of nitrogens with two attached hydrogens (primary N) is 1. The maximum Gasteiger partial charge on any atom is 0.103 e. The number of aryl methyl sites for hydroxylation is 1. The first kappa shape index (κ1) is 10.3. The molecule has 0 radical (unpaired) electrons. The lowest BCUT2D eigenvalue weighted by Crippen LogP contribution is -2.28. The monoisotopic (exact) mass is 181 g/mol. The zero-order valence-electron chi connectivity index (χ0n) is 8.49. The maximum atomic E-state index is 6.00. The highest BCUT2D eigenvalue weighted by Gasteiger charge is 2.10. The minimum atomic E-state index is 0.301. The first-order valence-electron chi connectivity index (χ1n) is 5.02. The molecule has 1 aromatic rings. The predicted molar refractivity (Wildman–Crippen MR) is 54.5 cm³/mol. The molecule has 2 atom stereocenters. The smallest absolute Gasteiger partial charge is 0.103 e. The quantitative estimate of drug-likeness (QED) is 0.758. The first-order chi connectivity index (χ1) is 6.24. The number of hydrogen-bond donors (Lipinski definition) is 1. The Morgan fingerprint density at radius 3 is 2.85 bits per heavy atom. The van der Waals surface area contributed by atoms with Crippen molar-refractivity contribution in [2.45, 2.75) is 39.2 Å². The van der Waals surface area contributed by atoms with Gasteiger partial charge in [0.25, 0.3) is 0 Å². The fourth-order valence-electron chi connectivity index (χ4n) is 1.35. The molecule has 0 saturated heterocycles. The van der Waals surface area contributed by atoms with Crippen LogP contribution in [0, 0.1) is 5.92 Å². The summed E-state index contributed by atoms with van der Waals surface area (Å²) in [6.45, 7) is 4.38. The average molecular weight is 181 g/mol. The highest BCUT2D eigenvalue weighted by Crippen LogP contribution is 2.12. The summed E-state index contributed by atoms with van der Waals surface area (Å²) in [5.41, 5.74) is 6.00. The van der Waals surface area contributed by atoms with Gasteiger partial charge in [-0.1, -0.05) is 20.3 Å². The molecule has 0 aliphatic rings. The van der Waals surface area contributed by atoms with E-state index in [1.54, 1.807) is 6.26 Å². The van der Waals surface area contributed by atoms with Crippen LogP contribution in [0.1, 0.15) is 32.4 Å². The van der Waals surface area contributed by atoms with Gasteiger partial charge in [0, 0.05) is 12.5 Å². The van der Waals surface area contributed by atoms with E-state index in [1.807, 2.05) is 12.1 Å². The second-order valence-corrected chi connectivity index (χ2v) is 3.67. The Morgan fingerprint density at radius 2 is 2.31 bits per heavy atom. The van der Waals surface area contributed by atoms with Crippen LogP contribution in [0.5, 0.6) is 0 Å². The molecule has 2 nitrogen and oxygen atoms in total. The molecule has 2 N–H and O–H groups in total. The van der Waals surface area contributed by atoms with E-state index in [1.165, 1.54) is 0 Å². The molecule has 0 aromatic carbocycles. The van der Waals surface area contributed by atoms with Gasteiger partial charge in [0.2, 0.25) is 0 Å². The van der Waals surface area contributed by atoms with Gasteiger partial charge in [0.05, 0.1) is 6.26 Å². The Morgan fingerprint density at radius 1 is 1.54 bits per heavy atom. The molecule has 2 heteroatoms. The largest absolute Gasteiger partial charge is 0.469 e. The van der Waals surface area contributed by atoms with Gasteiger partial charge in [-0.05, 0) is 24.5 Å². The van der Waals surface area contributed by atoms with Gasteiger partial charge in [-0.2, -0.15) is 0 Å². The summed E-state index contributed by atoms with van der Waals surface area (Å²) < 4.78 is 5.24. The van der Waals surface area contributed by atoms with Crippen molar-refractivity contribution in [3.05, 3.63) is 24.2 Å². The van der Waals surface area contributed by atoms with Crippen molar-refractivity contribution in [1.29, 1.82) is 0 Å². The van der Waals surface area contributed by atoms with Crippen molar-refractivity contribution < 1.29 is 4.42 Å². The molecule has 2 unspecified atom stereocenters. The summed E-state index contributed by atoms with van der Waals surface area (Å²) in [4.78, 5) is 0. The second kappa shape index (κ2) is 5.07. The van der Waals surface area contributed by atoms with Gasteiger partial charge in [-0.15, -0.1) is 0 Å².